The number of carboxylic acid groups (broad SMARTS) is 1. The number of ether oxygens (including phenoxy) is 2. The number of nitrogens with two attached hydrogens (primary N) is 1. The Balaban J connectivity index is 0.000000188. The van der Waals surface area contributed by atoms with Crippen molar-refractivity contribution in [3.05, 3.63) is 41.5 Å². The lowest BCUT2D eigenvalue weighted by atomic mass is 9.47. The molecule has 52 heavy (non-hydrogen) atoms. The predicted octanol–water partition coefficient (Wildman–Crippen LogP) is 8.77. The van der Waals surface area contributed by atoms with E-state index in [0.717, 1.165) is 75.2 Å². The zero-order valence-electron chi connectivity index (χ0n) is 31.8. The number of esters is 2. The maximum Gasteiger partial charge on any atom is 0.314 e. The van der Waals surface area contributed by atoms with Gasteiger partial charge >= 0.3 is 17.9 Å². The number of aliphatic carboxylic acids is 1. The van der Waals surface area contributed by atoms with Crippen molar-refractivity contribution >= 4 is 23.7 Å². The number of allylic oxidation sites excluding steroid dienone is 1. The molecule has 6 aliphatic carbocycles. The quantitative estimate of drug-likeness (QED) is 0.181. The van der Waals surface area contributed by atoms with Crippen LogP contribution in [0.2, 0.25) is 0 Å². The zero-order chi connectivity index (χ0) is 36.9. The highest BCUT2D eigenvalue weighted by Crippen LogP contribution is 2.65. The van der Waals surface area contributed by atoms with Crippen molar-refractivity contribution in [3.8, 4) is 5.75 Å². The van der Waals surface area contributed by atoms with E-state index in [4.69, 9.17) is 20.3 Å². The average molecular weight is 718 g/mol. The Bertz CT molecular complexity index is 1450. The van der Waals surface area contributed by atoms with Crippen molar-refractivity contribution in [3.63, 3.8) is 0 Å². The van der Waals surface area contributed by atoms with Gasteiger partial charge in [-0.3, -0.25) is 19.2 Å². The number of benzene rings is 1. The van der Waals surface area contributed by atoms with Crippen LogP contribution in [-0.2, 0) is 30.3 Å². The highest BCUT2D eigenvalue weighted by atomic mass is 16.5. The lowest BCUT2D eigenvalue weighted by molar-refractivity contribution is -0.160. The van der Waals surface area contributed by atoms with Crippen LogP contribution in [0.3, 0.4) is 0 Å². The van der Waals surface area contributed by atoms with E-state index in [9.17, 15) is 19.2 Å². The van der Waals surface area contributed by atoms with Gasteiger partial charge in [-0.25, -0.2) is 0 Å². The van der Waals surface area contributed by atoms with Gasteiger partial charge in [0.2, 0.25) is 0 Å². The molecule has 1 aromatic carbocycles. The fraction of sp³-hybridized carbons (Fsp3) is 0.727. The molecule has 0 bridgehead atoms. The Labute approximate surface area is 311 Å². The van der Waals surface area contributed by atoms with Gasteiger partial charge in [0.1, 0.15) is 11.9 Å². The number of carboxylic acids is 1. The Kier molecular flexibility index (Phi) is 12.6. The minimum atomic E-state index is -0.816. The van der Waals surface area contributed by atoms with Gasteiger partial charge in [0.05, 0.1) is 5.92 Å². The zero-order valence-corrected chi connectivity index (χ0v) is 31.8. The number of hydrogen-bond acceptors (Lipinski definition) is 7. The van der Waals surface area contributed by atoms with Crippen LogP contribution in [0.25, 0.3) is 0 Å². The van der Waals surface area contributed by atoms with Gasteiger partial charge in [-0.1, -0.05) is 57.2 Å². The number of ketones is 1. The molecule has 1 aromatic rings. The Morgan fingerprint density at radius 2 is 1.56 bits per heavy atom. The van der Waals surface area contributed by atoms with E-state index in [1.54, 1.807) is 24.3 Å². The number of fused-ring (bicyclic) bond motifs is 5. The molecule has 7 rings (SSSR count). The summed E-state index contributed by atoms with van der Waals surface area (Å²) < 4.78 is 11.6. The Morgan fingerprint density at radius 1 is 0.827 bits per heavy atom. The number of carbonyl (C=O) groups excluding carboxylic acids is 3. The molecule has 0 unspecified atom stereocenters. The molecule has 0 aromatic heterocycles. The molecule has 0 saturated heterocycles. The Hall–Kier alpha value is -3.00. The molecule has 0 aliphatic heterocycles. The van der Waals surface area contributed by atoms with Gasteiger partial charge in [-0.2, -0.15) is 0 Å². The largest absolute Gasteiger partial charge is 0.481 e. The number of hydrogen-bond donors (Lipinski definition) is 2. The second-order valence-corrected chi connectivity index (χ2v) is 17.7. The van der Waals surface area contributed by atoms with E-state index in [1.165, 1.54) is 56.9 Å². The summed E-state index contributed by atoms with van der Waals surface area (Å²) in [5, 5.41) is 8.65. The molecule has 0 heterocycles. The van der Waals surface area contributed by atoms with E-state index < -0.39 is 5.97 Å². The first kappa shape index (κ1) is 38.7. The second kappa shape index (κ2) is 17.0. The van der Waals surface area contributed by atoms with Gasteiger partial charge in [-0.15, -0.1) is 0 Å². The first-order chi connectivity index (χ1) is 25.0. The average Bonchev–Trinajstić information content (AvgIpc) is 3.79. The molecule has 0 radical (unpaired) electrons. The van der Waals surface area contributed by atoms with Gasteiger partial charge in [-0.05, 0) is 149 Å². The van der Waals surface area contributed by atoms with E-state index in [2.05, 4.69) is 13.8 Å². The van der Waals surface area contributed by atoms with Crippen LogP contribution >= 0.6 is 0 Å². The number of aryl methyl sites for hydroxylation is 1. The third-order valence-corrected chi connectivity index (χ3v) is 14.7. The third kappa shape index (κ3) is 8.85. The van der Waals surface area contributed by atoms with Gasteiger partial charge in [0.25, 0.3) is 0 Å². The van der Waals surface area contributed by atoms with Crippen LogP contribution in [0.5, 0.6) is 5.75 Å². The monoisotopic (exact) mass is 717 g/mol. The summed E-state index contributed by atoms with van der Waals surface area (Å²) in [5.41, 5.74) is 8.41. The topological polar surface area (TPSA) is 133 Å². The molecule has 5 saturated carbocycles. The van der Waals surface area contributed by atoms with Crippen molar-refractivity contribution in [2.24, 2.45) is 52.1 Å². The molecular formula is C44H63NO7. The fourth-order valence-electron chi connectivity index (χ4n) is 11.4. The fourth-order valence-corrected chi connectivity index (χ4v) is 11.4. The molecule has 8 heteroatoms. The smallest absolute Gasteiger partial charge is 0.314 e. The van der Waals surface area contributed by atoms with Crippen LogP contribution in [0.15, 0.2) is 35.9 Å². The van der Waals surface area contributed by atoms with Gasteiger partial charge < -0.3 is 20.3 Å². The molecule has 3 N–H and O–H groups in total. The molecule has 8 nitrogen and oxygen atoms in total. The molecule has 6 aliphatic rings. The second-order valence-electron chi connectivity index (χ2n) is 17.7. The number of carbonyl (C=O) groups is 4. The normalized spacial score (nSPS) is 34.1. The third-order valence-electron chi connectivity index (χ3n) is 14.7. The molecule has 0 spiro atoms. The minimum Gasteiger partial charge on any atom is -0.481 e. The predicted molar refractivity (Wildman–Crippen MR) is 200 cm³/mol. The summed E-state index contributed by atoms with van der Waals surface area (Å²) in [7, 11) is 0. The minimum absolute atomic E-state index is 0.0329. The van der Waals surface area contributed by atoms with Crippen LogP contribution in [-0.4, -0.2) is 41.4 Å². The van der Waals surface area contributed by atoms with Crippen molar-refractivity contribution in [1.29, 1.82) is 0 Å². The van der Waals surface area contributed by atoms with E-state index >= 15 is 0 Å². The van der Waals surface area contributed by atoms with Crippen molar-refractivity contribution in [2.45, 2.75) is 148 Å². The summed E-state index contributed by atoms with van der Waals surface area (Å²) in [6.07, 6.45) is 22.1. The molecular weight excluding hydrogens is 654 g/mol. The Morgan fingerprint density at radius 3 is 2.25 bits per heavy atom. The molecule has 5 fully saturated rings. The highest BCUT2D eigenvalue weighted by Gasteiger charge is 2.60. The van der Waals surface area contributed by atoms with Crippen molar-refractivity contribution in [2.75, 3.05) is 6.54 Å². The summed E-state index contributed by atoms with van der Waals surface area (Å²) in [6.45, 7) is 5.56. The molecule has 0 amide bonds. The lowest BCUT2D eigenvalue weighted by Crippen LogP contribution is -2.51. The van der Waals surface area contributed by atoms with Crippen molar-refractivity contribution in [1.82, 2.24) is 0 Å². The van der Waals surface area contributed by atoms with Gasteiger partial charge in [0, 0.05) is 24.7 Å². The van der Waals surface area contributed by atoms with Crippen LogP contribution in [0.4, 0.5) is 0 Å². The molecule has 6 atom stereocenters. The molecule has 286 valence electrons. The van der Waals surface area contributed by atoms with Crippen molar-refractivity contribution < 1.29 is 33.8 Å². The SMILES string of the molecule is C[C@]12CC[C@H]3[C@@H](CCC4=CC(=O)CC[C@@]43C)[C@@H]1CC[C@@H]2OC(=O)CCC1CCCC1.NCC1CCC(C(=O)Oc2ccc(CCC(=O)O)cc2)CC1. The van der Waals surface area contributed by atoms with Crippen LogP contribution in [0.1, 0.15) is 141 Å². The lowest BCUT2D eigenvalue weighted by Gasteiger charge is -2.57. The standard InChI is InChI=1S/C27H40O3.C17H23NO4/c1-26-15-13-20(28)17-19(26)8-9-21-22-10-11-24(27(22,2)16-14-23(21)26)30-25(29)12-7-18-5-3-4-6-18;18-11-13-1-6-14(7-2-13)17(21)22-15-8-3-12(4-9-15)5-10-16(19)20/h17-18,21-24H,3-16H2,1-2H3;3-4,8-9,13-14H,1-2,5-7,10-11,18H2,(H,19,20)/t21-,22-,23-,24-,26-,27-;/m0./s1. The summed E-state index contributed by atoms with van der Waals surface area (Å²) in [5.74, 6) is 3.32. The number of rotatable bonds is 10. The highest BCUT2D eigenvalue weighted by molar-refractivity contribution is 5.91. The van der Waals surface area contributed by atoms with E-state index in [-0.39, 0.29) is 41.2 Å². The first-order valence-electron chi connectivity index (χ1n) is 20.6. The summed E-state index contributed by atoms with van der Waals surface area (Å²) >= 11 is 0. The first-order valence-corrected chi connectivity index (χ1v) is 20.6. The van der Waals surface area contributed by atoms with Crippen LogP contribution < -0.4 is 10.5 Å². The van der Waals surface area contributed by atoms with E-state index in [0.29, 0.717) is 48.7 Å². The van der Waals surface area contributed by atoms with E-state index in [1.807, 2.05) is 6.08 Å². The maximum atomic E-state index is 12.7. The van der Waals surface area contributed by atoms with Gasteiger partial charge in [0.15, 0.2) is 5.78 Å². The maximum absolute atomic E-state index is 12.7. The summed E-state index contributed by atoms with van der Waals surface area (Å²) in [4.78, 5) is 47.3. The van der Waals surface area contributed by atoms with Crippen LogP contribution in [0, 0.1) is 46.3 Å². The summed E-state index contributed by atoms with van der Waals surface area (Å²) in [6, 6.07) is 7.05.